The van der Waals surface area contributed by atoms with E-state index in [1.165, 1.54) is 0 Å². The van der Waals surface area contributed by atoms with Gasteiger partial charge in [-0.1, -0.05) is 0 Å². The summed E-state index contributed by atoms with van der Waals surface area (Å²) in [6.07, 6.45) is 3.64. The third-order valence-electron chi connectivity index (χ3n) is 2.94. The Morgan fingerprint density at radius 3 is 2.71 bits per heavy atom. The summed E-state index contributed by atoms with van der Waals surface area (Å²) in [4.78, 5) is 29.5. The van der Waals surface area contributed by atoms with Gasteiger partial charge in [-0.05, 0) is 38.5 Å². The smallest absolute Gasteiger partial charge is 0.308 e. The second-order valence-corrected chi connectivity index (χ2v) is 6.94. The number of pyridine rings is 1. The lowest BCUT2D eigenvalue weighted by Crippen LogP contribution is -2.32. The zero-order chi connectivity index (χ0) is 15.5. The van der Waals surface area contributed by atoms with E-state index >= 15 is 0 Å². The number of amides is 1. The molecule has 1 aromatic rings. The second kappa shape index (κ2) is 6.47. The highest BCUT2D eigenvalue weighted by Crippen LogP contribution is 2.38. The average molecular weight is 308 g/mol. The van der Waals surface area contributed by atoms with Crippen LogP contribution in [0.1, 0.15) is 38.1 Å². The monoisotopic (exact) mass is 308 g/mol. The highest BCUT2D eigenvalue weighted by molar-refractivity contribution is 8.00. The van der Waals surface area contributed by atoms with Gasteiger partial charge in [-0.15, -0.1) is 11.8 Å². The van der Waals surface area contributed by atoms with Crippen molar-refractivity contribution < 1.29 is 14.3 Å². The zero-order valence-electron chi connectivity index (χ0n) is 12.5. The first-order valence-electron chi connectivity index (χ1n) is 6.90. The fourth-order valence-electron chi connectivity index (χ4n) is 2.10. The third kappa shape index (κ3) is 4.46. The van der Waals surface area contributed by atoms with Crippen molar-refractivity contribution in [1.29, 1.82) is 0 Å². The molecule has 0 saturated carbocycles. The van der Waals surface area contributed by atoms with E-state index in [0.717, 1.165) is 5.56 Å². The van der Waals surface area contributed by atoms with Gasteiger partial charge in [0, 0.05) is 18.9 Å². The largest absolute Gasteiger partial charge is 0.460 e. The van der Waals surface area contributed by atoms with E-state index in [-0.39, 0.29) is 23.7 Å². The van der Waals surface area contributed by atoms with Gasteiger partial charge in [-0.3, -0.25) is 14.6 Å². The fourth-order valence-corrected chi connectivity index (χ4v) is 3.32. The molecule has 0 aromatic carbocycles. The zero-order valence-corrected chi connectivity index (χ0v) is 13.4. The van der Waals surface area contributed by atoms with Gasteiger partial charge in [-0.25, -0.2) is 0 Å². The predicted molar refractivity (Wildman–Crippen MR) is 81.6 cm³/mol. The van der Waals surface area contributed by atoms with Crippen LogP contribution in [-0.2, 0) is 14.3 Å². The van der Waals surface area contributed by atoms with Crippen LogP contribution in [0.5, 0.6) is 0 Å². The third-order valence-corrected chi connectivity index (χ3v) is 4.19. The fraction of sp³-hybridized carbons (Fsp3) is 0.533. The van der Waals surface area contributed by atoms with Crippen LogP contribution in [0.3, 0.4) is 0 Å². The normalized spacial score (nSPS) is 18.9. The Bertz CT molecular complexity index is 513. The minimum atomic E-state index is -0.495. The van der Waals surface area contributed by atoms with Crippen molar-refractivity contribution in [2.45, 2.75) is 38.2 Å². The number of hydrogen-bond acceptors (Lipinski definition) is 5. The van der Waals surface area contributed by atoms with Gasteiger partial charge in [0.1, 0.15) is 11.0 Å². The lowest BCUT2D eigenvalue weighted by atomic mass is 10.2. The van der Waals surface area contributed by atoms with Crippen molar-refractivity contribution in [2.24, 2.45) is 0 Å². The van der Waals surface area contributed by atoms with E-state index < -0.39 is 5.60 Å². The quantitative estimate of drug-likeness (QED) is 0.799. The molecule has 0 N–H and O–H groups in total. The van der Waals surface area contributed by atoms with Crippen molar-refractivity contribution in [3.05, 3.63) is 30.1 Å². The first-order valence-corrected chi connectivity index (χ1v) is 7.94. The number of rotatable bonds is 4. The lowest BCUT2D eigenvalue weighted by Gasteiger charge is -2.25. The molecule has 1 saturated heterocycles. The Kier molecular flexibility index (Phi) is 4.88. The van der Waals surface area contributed by atoms with Crippen LogP contribution < -0.4 is 0 Å². The summed E-state index contributed by atoms with van der Waals surface area (Å²) in [7, 11) is 0. The predicted octanol–water partition coefficient (Wildman–Crippen LogP) is 2.39. The summed E-state index contributed by atoms with van der Waals surface area (Å²) in [5.74, 6) is 0.229. The Morgan fingerprint density at radius 1 is 1.43 bits per heavy atom. The van der Waals surface area contributed by atoms with Crippen LogP contribution in [0.4, 0.5) is 0 Å². The molecule has 0 aliphatic carbocycles. The molecule has 1 atom stereocenters. The van der Waals surface area contributed by atoms with Crippen LogP contribution in [0.25, 0.3) is 0 Å². The first kappa shape index (κ1) is 15.8. The molecule has 0 spiro atoms. The molecule has 0 bridgehead atoms. The van der Waals surface area contributed by atoms with Gasteiger partial charge in [0.2, 0.25) is 5.91 Å². The number of nitrogens with zero attached hydrogens (tertiary/aromatic N) is 2. The molecule has 21 heavy (non-hydrogen) atoms. The molecule has 1 fully saturated rings. The van der Waals surface area contributed by atoms with Crippen LogP contribution in [0.15, 0.2) is 24.5 Å². The molecule has 1 unspecified atom stereocenters. The summed E-state index contributed by atoms with van der Waals surface area (Å²) < 4.78 is 5.28. The Labute approximate surface area is 129 Å². The number of carbonyl (C=O) groups is 2. The van der Waals surface area contributed by atoms with Crippen LogP contribution in [0, 0.1) is 0 Å². The van der Waals surface area contributed by atoms with E-state index in [1.807, 2.05) is 32.9 Å². The summed E-state index contributed by atoms with van der Waals surface area (Å²) in [6.45, 7) is 5.89. The molecule has 1 amide bonds. The lowest BCUT2D eigenvalue weighted by molar-refractivity contribution is -0.155. The summed E-state index contributed by atoms with van der Waals surface area (Å²) >= 11 is 1.57. The van der Waals surface area contributed by atoms with E-state index in [9.17, 15) is 9.59 Å². The molecule has 1 aliphatic heterocycles. The topological polar surface area (TPSA) is 59.5 Å². The average Bonchev–Trinajstić information content (AvgIpc) is 2.77. The molecule has 1 aromatic heterocycles. The summed E-state index contributed by atoms with van der Waals surface area (Å²) in [6, 6.07) is 3.80. The Hall–Kier alpha value is -1.56. The highest BCUT2D eigenvalue weighted by Gasteiger charge is 2.33. The van der Waals surface area contributed by atoms with Gasteiger partial charge in [0.15, 0.2) is 0 Å². The van der Waals surface area contributed by atoms with Crippen LogP contribution >= 0.6 is 11.8 Å². The van der Waals surface area contributed by atoms with E-state index in [2.05, 4.69) is 4.98 Å². The van der Waals surface area contributed by atoms with E-state index in [4.69, 9.17) is 4.74 Å². The summed E-state index contributed by atoms with van der Waals surface area (Å²) in [5, 5.41) is -0.0389. The minimum Gasteiger partial charge on any atom is -0.460 e. The second-order valence-electron chi connectivity index (χ2n) is 5.87. The van der Waals surface area contributed by atoms with Crippen molar-refractivity contribution in [3.8, 4) is 0 Å². The number of hydrogen-bond donors (Lipinski definition) is 0. The molecule has 1 aliphatic rings. The maximum Gasteiger partial charge on any atom is 0.308 e. The molecule has 2 rings (SSSR count). The van der Waals surface area contributed by atoms with E-state index in [1.54, 1.807) is 29.1 Å². The summed E-state index contributed by atoms with van der Waals surface area (Å²) in [5.41, 5.74) is 0.538. The van der Waals surface area contributed by atoms with Crippen LogP contribution in [0.2, 0.25) is 0 Å². The minimum absolute atomic E-state index is 0.0389. The molecule has 2 heterocycles. The maximum absolute atomic E-state index is 12.0. The SMILES string of the molecule is CC(C)(C)OC(=O)CCN1C(=O)CSC1c1ccncc1. The standard InChI is InChI=1S/C15H20N2O3S/c1-15(2,3)20-13(19)6-9-17-12(18)10-21-14(17)11-4-7-16-8-5-11/h4-5,7-8,14H,6,9-10H2,1-3H3. The Balaban J connectivity index is 1.97. The van der Waals surface area contributed by atoms with Gasteiger partial charge in [0.25, 0.3) is 0 Å². The van der Waals surface area contributed by atoms with Gasteiger partial charge in [0.05, 0.1) is 12.2 Å². The van der Waals surface area contributed by atoms with E-state index in [0.29, 0.717) is 12.3 Å². The highest BCUT2D eigenvalue weighted by atomic mass is 32.2. The molecule has 114 valence electrons. The molecular formula is C15H20N2O3S. The van der Waals surface area contributed by atoms with Gasteiger partial charge < -0.3 is 9.64 Å². The number of aromatic nitrogens is 1. The molecule has 0 radical (unpaired) electrons. The van der Waals surface area contributed by atoms with Gasteiger partial charge >= 0.3 is 5.97 Å². The number of ether oxygens (including phenoxy) is 1. The maximum atomic E-state index is 12.0. The molecule has 6 heteroatoms. The number of thioether (sulfide) groups is 1. The first-order chi connectivity index (χ1) is 9.87. The molecule has 5 nitrogen and oxygen atoms in total. The number of carbonyl (C=O) groups excluding carboxylic acids is 2. The van der Waals surface area contributed by atoms with Crippen LogP contribution in [-0.4, -0.2) is 39.7 Å². The van der Waals surface area contributed by atoms with Gasteiger partial charge in [-0.2, -0.15) is 0 Å². The van der Waals surface area contributed by atoms with Crippen molar-refractivity contribution in [3.63, 3.8) is 0 Å². The molecular weight excluding hydrogens is 288 g/mol. The number of esters is 1. The van der Waals surface area contributed by atoms with Crippen molar-refractivity contribution >= 4 is 23.6 Å². The van der Waals surface area contributed by atoms with Crippen molar-refractivity contribution in [2.75, 3.05) is 12.3 Å². The van der Waals surface area contributed by atoms with Crippen molar-refractivity contribution in [1.82, 2.24) is 9.88 Å². The Morgan fingerprint density at radius 2 is 2.10 bits per heavy atom.